The molecule has 3 N–H and O–H groups in total. The third kappa shape index (κ3) is 3.55. The van der Waals surface area contributed by atoms with Crippen LogP contribution in [0.1, 0.15) is 33.1 Å². The Hall–Kier alpha value is -1.38. The van der Waals surface area contributed by atoms with Crippen molar-refractivity contribution in [3.63, 3.8) is 0 Å². The van der Waals surface area contributed by atoms with Crippen molar-refractivity contribution in [2.75, 3.05) is 17.6 Å². The summed E-state index contributed by atoms with van der Waals surface area (Å²) in [7, 11) is 0. The summed E-state index contributed by atoms with van der Waals surface area (Å²) < 4.78 is 5.66. The molecule has 1 aromatic carbocycles. The van der Waals surface area contributed by atoms with E-state index in [-0.39, 0.29) is 6.10 Å². The van der Waals surface area contributed by atoms with Gasteiger partial charge in [-0.3, -0.25) is 0 Å². The summed E-state index contributed by atoms with van der Waals surface area (Å²) in [6, 6.07) is 5.91. The number of nitrogens with one attached hydrogen (secondary N) is 1. The van der Waals surface area contributed by atoms with E-state index in [4.69, 9.17) is 10.5 Å². The molecule has 1 aliphatic rings. The van der Waals surface area contributed by atoms with Crippen molar-refractivity contribution in [2.24, 2.45) is 5.92 Å². The topological polar surface area (TPSA) is 47.3 Å². The molecule has 3 heteroatoms. The molecule has 1 saturated carbocycles. The van der Waals surface area contributed by atoms with E-state index in [1.807, 2.05) is 32.0 Å². The van der Waals surface area contributed by atoms with Crippen LogP contribution in [0.25, 0.3) is 0 Å². The molecule has 1 aromatic rings. The van der Waals surface area contributed by atoms with Crippen LogP contribution in [0.5, 0.6) is 5.75 Å². The Balaban J connectivity index is 1.95. The average molecular weight is 234 g/mol. The molecule has 0 bridgehead atoms. The minimum absolute atomic E-state index is 0.152. The van der Waals surface area contributed by atoms with E-state index in [2.05, 4.69) is 5.32 Å². The van der Waals surface area contributed by atoms with E-state index in [1.54, 1.807) is 0 Å². The fourth-order valence-corrected chi connectivity index (χ4v) is 1.87. The monoisotopic (exact) mass is 234 g/mol. The van der Waals surface area contributed by atoms with Crippen molar-refractivity contribution in [3.05, 3.63) is 18.2 Å². The molecule has 1 fully saturated rings. The number of para-hydroxylation sites is 1. The maximum Gasteiger partial charge on any atom is 0.144 e. The predicted octanol–water partition coefficient (Wildman–Crippen LogP) is 3.27. The van der Waals surface area contributed by atoms with Gasteiger partial charge in [0.15, 0.2) is 0 Å². The highest BCUT2D eigenvalue weighted by atomic mass is 16.5. The Morgan fingerprint density at radius 1 is 1.41 bits per heavy atom. The molecule has 3 nitrogen and oxygen atoms in total. The molecule has 0 spiro atoms. The number of hydrogen-bond donors (Lipinski definition) is 2. The maximum atomic E-state index is 6.08. The zero-order valence-corrected chi connectivity index (χ0v) is 10.7. The molecule has 2 rings (SSSR count). The van der Waals surface area contributed by atoms with E-state index >= 15 is 0 Å². The number of nitrogens with two attached hydrogens (primary N) is 1. The lowest BCUT2D eigenvalue weighted by molar-refractivity contribution is 0.244. The summed E-state index contributed by atoms with van der Waals surface area (Å²) in [6.45, 7) is 5.01. The van der Waals surface area contributed by atoms with Gasteiger partial charge in [0.25, 0.3) is 0 Å². The van der Waals surface area contributed by atoms with Gasteiger partial charge in [-0.05, 0) is 38.3 Å². The van der Waals surface area contributed by atoms with Gasteiger partial charge in [-0.1, -0.05) is 18.9 Å². The largest absolute Gasteiger partial charge is 0.489 e. The van der Waals surface area contributed by atoms with Crippen LogP contribution < -0.4 is 15.8 Å². The highest BCUT2D eigenvalue weighted by molar-refractivity contribution is 5.72. The molecule has 1 aliphatic carbocycles. The molecular weight excluding hydrogens is 212 g/mol. The quantitative estimate of drug-likeness (QED) is 0.743. The zero-order valence-electron chi connectivity index (χ0n) is 10.7. The molecule has 0 aromatic heterocycles. The van der Waals surface area contributed by atoms with Gasteiger partial charge in [0, 0.05) is 6.54 Å². The molecule has 0 amide bonds. The Labute approximate surface area is 103 Å². The summed E-state index contributed by atoms with van der Waals surface area (Å²) in [5, 5.41) is 3.39. The Bertz CT molecular complexity index is 372. The van der Waals surface area contributed by atoms with E-state index in [0.29, 0.717) is 0 Å². The van der Waals surface area contributed by atoms with Crippen molar-refractivity contribution in [1.29, 1.82) is 0 Å². The van der Waals surface area contributed by atoms with Crippen molar-refractivity contribution in [2.45, 2.75) is 39.2 Å². The number of ether oxygens (including phenoxy) is 1. The Morgan fingerprint density at radius 2 is 2.18 bits per heavy atom. The lowest BCUT2D eigenvalue weighted by Crippen LogP contribution is -2.10. The fourth-order valence-electron chi connectivity index (χ4n) is 1.87. The van der Waals surface area contributed by atoms with Crippen LogP contribution in [0.2, 0.25) is 0 Å². The van der Waals surface area contributed by atoms with Gasteiger partial charge in [-0.15, -0.1) is 0 Å². The van der Waals surface area contributed by atoms with Gasteiger partial charge in [-0.25, -0.2) is 0 Å². The number of anilines is 2. The standard InChI is InChI=1S/C14H22N2O/c1-10(2)17-13-5-3-4-12(14(13)15)16-9-8-11-6-7-11/h3-5,10-11,16H,6-9,15H2,1-2H3. The summed E-state index contributed by atoms with van der Waals surface area (Å²) >= 11 is 0. The smallest absolute Gasteiger partial charge is 0.144 e. The van der Waals surface area contributed by atoms with Gasteiger partial charge >= 0.3 is 0 Å². The average Bonchev–Trinajstić information content (AvgIpc) is 3.07. The molecule has 0 unspecified atom stereocenters. The van der Waals surface area contributed by atoms with Crippen molar-refractivity contribution in [1.82, 2.24) is 0 Å². The van der Waals surface area contributed by atoms with Crippen LogP contribution in [0.15, 0.2) is 18.2 Å². The van der Waals surface area contributed by atoms with Gasteiger partial charge in [-0.2, -0.15) is 0 Å². The molecule has 0 saturated heterocycles. The first-order valence-electron chi connectivity index (χ1n) is 6.46. The summed E-state index contributed by atoms with van der Waals surface area (Å²) in [5.74, 6) is 1.72. The number of rotatable bonds is 6. The highest BCUT2D eigenvalue weighted by Crippen LogP contribution is 2.33. The SMILES string of the molecule is CC(C)Oc1cccc(NCCC2CC2)c1N. The predicted molar refractivity (Wildman–Crippen MR) is 72.4 cm³/mol. The number of hydrogen-bond acceptors (Lipinski definition) is 3. The van der Waals surface area contributed by atoms with Gasteiger partial charge < -0.3 is 15.8 Å². The van der Waals surface area contributed by atoms with Crippen LogP contribution in [0, 0.1) is 5.92 Å². The maximum absolute atomic E-state index is 6.08. The minimum Gasteiger partial charge on any atom is -0.489 e. The summed E-state index contributed by atoms with van der Waals surface area (Å²) in [6.07, 6.45) is 4.19. The zero-order chi connectivity index (χ0) is 12.3. The highest BCUT2D eigenvalue weighted by Gasteiger charge is 2.20. The van der Waals surface area contributed by atoms with Crippen molar-refractivity contribution in [3.8, 4) is 5.75 Å². The number of nitrogen functional groups attached to an aromatic ring is 1. The lowest BCUT2D eigenvalue weighted by Gasteiger charge is -2.15. The first kappa shape index (κ1) is 12.1. The number of benzene rings is 1. The Morgan fingerprint density at radius 3 is 2.82 bits per heavy atom. The van der Waals surface area contributed by atoms with E-state index < -0.39 is 0 Å². The molecule has 0 aliphatic heterocycles. The second kappa shape index (κ2) is 5.30. The minimum atomic E-state index is 0.152. The molecule has 94 valence electrons. The normalized spacial score (nSPS) is 15.0. The van der Waals surface area contributed by atoms with Crippen molar-refractivity contribution < 1.29 is 4.74 Å². The molecule has 0 heterocycles. The lowest BCUT2D eigenvalue weighted by atomic mass is 10.2. The molecular formula is C14H22N2O. The van der Waals surface area contributed by atoms with Crippen LogP contribution >= 0.6 is 0 Å². The van der Waals surface area contributed by atoms with Crippen LogP contribution in [0.3, 0.4) is 0 Å². The molecule has 0 radical (unpaired) electrons. The van der Waals surface area contributed by atoms with E-state index in [1.165, 1.54) is 19.3 Å². The first-order valence-corrected chi connectivity index (χ1v) is 6.46. The summed E-state index contributed by atoms with van der Waals surface area (Å²) in [5.41, 5.74) is 7.79. The van der Waals surface area contributed by atoms with E-state index in [0.717, 1.165) is 29.6 Å². The van der Waals surface area contributed by atoms with Gasteiger partial charge in [0.05, 0.1) is 17.5 Å². The van der Waals surface area contributed by atoms with E-state index in [9.17, 15) is 0 Å². The molecule has 17 heavy (non-hydrogen) atoms. The summed E-state index contributed by atoms with van der Waals surface area (Å²) in [4.78, 5) is 0. The first-order chi connectivity index (χ1) is 8.16. The van der Waals surface area contributed by atoms with Crippen molar-refractivity contribution >= 4 is 11.4 Å². The second-order valence-corrected chi connectivity index (χ2v) is 5.04. The fraction of sp³-hybridized carbons (Fsp3) is 0.571. The van der Waals surface area contributed by atoms with Crippen LogP contribution in [-0.2, 0) is 0 Å². The van der Waals surface area contributed by atoms with Crippen LogP contribution in [-0.4, -0.2) is 12.6 Å². The third-order valence-electron chi connectivity index (χ3n) is 2.99. The van der Waals surface area contributed by atoms with Crippen LogP contribution in [0.4, 0.5) is 11.4 Å². The second-order valence-electron chi connectivity index (χ2n) is 5.04. The third-order valence-corrected chi connectivity index (χ3v) is 2.99. The van der Waals surface area contributed by atoms with Gasteiger partial charge in [0.1, 0.15) is 5.75 Å². The Kier molecular flexibility index (Phi) is 3.77. The van der Waals surface area contributed by atoms with Gasteiger partial charge in [0.2, 0.25) is 0 Å². The molecule has 0 atom stereocenters.